The summed E-state index contributed by atoms with van der Waals surface area (Å²) in [7, 11) is 2.17. The summed E-state index contributed by atoms with van der Waals surface area (Å²) in [6.45, 7) is 5.53. The van der Waals surface area contributed by atoms with Crippen molar-refractivity contribution in [1.29, 1.82) is 0 Å². The number of hydrogen-bond acceptors (Lipinski definition) is 2. The Balaban J connectivity index is 2.45. The van der Waals surface area contributed by atoms with Gasteiger partial charge in [-0.2, -0.15) is 0 Å². The topological polar surface area (TPSA) is 29.3 Å². The maximum Gasteiger partial charge on any atom is 0.00444 e. The molecular formula is C8H18N2. The van der Waals surface area contributed by atoms with Crippen LogP contribution in [0.5, 0.6) is 0 Å². The lowest BCUT2D eigenvalue weighted by Crippen LogP contribution is -2.43. The lowest BCUT2D eigenvalue weighted by atomic mass is 9.82. The van der Waals surface area contributed by atoms with Gasteiger partial charge >= 0.3 is 0 Å². The second-order valence-corrected chi connectivity index (χ2v) is 3.86. The Labute approximate surface area is 63.4 Å². The second-order valence-electron chi connectivity index (χ2n) is 3.86. The SMILES string of the molecule is CN1CCC[C@@](C)(CN)C1. The maximum absolute atomic E-state index is 5.67. The largest absolute Gasteiger partial charge is 0.330 e. The molecule has 0 amide bonds. The third kappa shape index (κ3) is 1.70. The van der Waals surface area contributed by atoms with E-state index in [0.717, 1.165) is 6.54 Å². The van der Waals surface area contributed by atoms with Crippen LogP contribution in [0.4, 0.5) is 0 Å². The molecule has 1 heterocycles. The van der Waals surface area contributed by atoms with E-state index in [2.05, 4.69) is 18.9 Å². The summed E-state index contributed by atoms with van der Waals surface area (Å²) in [5, 5.41) is 0. The normalized spacial score (nSPS) is 36.3. The van der Waals surface area contributed by atoms with Gasteiger partial charge in [0.05, 0.1) is 0 Å². The van der Waals surface area contributed by atoms with Crippen molar-refractivity contribution in [2.75, 3.05) is 26.7 Å². The van der Waals surface area contributed by atoms with E-state index in [-0.39, 0.29) is 0 Å². The summed E-state index contributed by atoms with van der Waals surface area (Å²) in [4.78, 5) is 2.37. The summed E-state index contributed by atoms with van der Waals surface area (Å²) in [6, 6.07) is 0. The molecular weight excluding hydrogens is 124 g/mol. The molecule has 0 bridgehead atoms. The van der Waals surface area contributed by atoms with Gasteiger partial charge in [-0.25, -0.2) is 0 Å². The lowest BCUT2D eigenvalue weighted by Gasteiger charge is -2.37. The number of likely N-dealkylation sites (tertiary alicyclic amines) is 1. The minimum Gasteiger partial charge on any atom is -0.330 e. The number of nitrogens with two attached hydrogens (primary N) is 1. The van der Waals surface area contributed by atoms with Crippen LogP contribution in [0.2, 0.25) is 0 Å². The van der Waals surface area contributed by atoms with Crippen LogP contribution < -0.4 is 5.73 Å². The Morgan fingerprint density at radius 3 is 2.70 bits per heavy atom. The molecule has 1 saturated heterocycles. The van der Waals surface area contributed by atoms with E-state index in [0.29, 0.717) is 5.41 Å². The molecule has 0 aromatic heterocycles. The van der Waals surface area contributed by atoms with Gasteiger partial charge in [0.15, 0.2) is 0 Å². The standard InChI is InChI=1S/C8H18N2/c1-8(6-9)4-3-5-10(2)7-8/h3-7,9H2,1-2H3/t8-/m0/s1. The first-order valence-corrected chi connectivity index (χ1v) is 4.05. The van der Waals surface area contributed by atoms with E-state index >= 15 is 0 Å². The summed E-state index contributed by atoms with van der Waals surface area (Å²) < 4.78 is 0. The van der Waals surface area contributed by atoms with Crippen molar-refractivity contribution in [2.45, 2.75) is 19.8 Å². The lowest BCUT2D eigenvalue weighted by molar-refractivity contribution is 0.133. The van der Waals surface area contributed by atoms with Gasteiger partial charge in [-0.3, -0.25) is 0 Å². The molecule has 1 atom stereocenters. The van der Waals surface area contributed by atoms with Gasteiger partial charge in [0, 0.05) is 6.54 Å². The van der Waals surface area contributed by atoms with Crippen molar-refractivity contribution in [1.82, 2.24) is 4.90 Å². The van der Waals surface area contributed by atoms with Crippen LogP contribution in [-0.2, 0) is 0 Å². The second kappa shape index (κ2) is 2.89. The molecule has 0 radical (unpaired) electrons. The van der Waals surface area contributed by atoms with Gasteiger partial charge in [0.1, 0.15) is 0 Å². The predicted octanol–water partition coefficient (Wildman–Crippen LogP) is 0.677. The number of rotatable bonds is 1. The van der Waals surface area contributed by atoms with Crippen LogP contribution in [0.25, 0.3) is 0 Å². The molecule has 1 aliphatic rings. The molecule has 2 N–H and O–H groups in total. The highest BCUT2D eigenvalue weighted by Gasteiger charge is 2.27. The quantitative estimate of drug-likeness (QED) is 0.583. The first-order chi connectivity index (χ1) is 4.66. The molecule has 0 spiro atoms. The monoisotopic (exact) mass is 142 g/mol. The van der Waals surface area contributed by atoms with Gasteiger partial charge in [-0.15, -0.1) is 0 Å². The minimum absolute atomic E-state index is 0.396. The van der Waals surface area contributed by atoms with Crippen molar-refractivity contribution in [3.63, 3.8) is 0 Å². The fraction of sp³-hybridized carbons (Fsp3) is 1.00. The van der Waals surface area contributed by atoms with Gasteiger partial charge in [0.25, 0.3) is 0 Å². The Bertz CT molecular complexity index is 114. The van der Waals surface area contributed by atoms with Gasteiger partial charge in [0.2, 0.25) is 0 Å². The van der Waals surface area contributed by atoms with Crippen molar-refractivity contribution in [3.05, 3.63) is 0 Å². The Kier molecular flexibility index (Phi) is 2.32. The zero-order chi connectivity index (χ0) is 7.61. The first kappa shape index (κ1) is 8.02. The molecule has 10 heavy (non-hydrogen) atoms. The van der Waals surface area contributed by atoms with E-state index in [1.54, 1.807) is 0 Å². The zero-order valence-electron chi connectivity index (χ0n) is 7.06. The number of piperidine rings is 1. The van der Waals surface area contributed by atoms with E-state index in [1.165, 1.54) is 25.9 Å². The minimum atomic E-state index is 0.396. The Hall–Kier alpha value is -0.0800. The molecule has 2 nitrogen and oxygen atoms in total. The smallest absolute Gasteiger partial charge is 0.00444 e. The van der Waals surface area contributed by atoms with E-state index in [9.17, 15) is 0 Å². The van der Waals surface area contributed by atoms with Crippen molar-refractivity contribution >= 4 is 0 Å². The third-order valence-corrected chi connectivity index (χ3v) is 2.46. The fourth-order valence-corrected chi connectivity index (χ4v) is 1.75. The fourth-order valence-electron chi connectivity index (χ4n) is 1.75. The van der Waals surface area contributed by atoms with Gasteiger partial charge in [-0.1, -0.05) is 6.92 Å². The molecule has 0 aromatic rings. The predicted molar refractivity (Wildman–Crippen MR) is 43.9 cm³/mol. The first-order valence-electron chi connectivity index (χ1n) is 4.05. The number of hydrogen-bond donors (Lipinski definition) is 1. The zero-order valence-corrected chi connectivity index (χ0v) is 7.06. The Morgan fingerprint density at radius 1 is 1.60 bits per heavy atom. The van der Waals surface area contributed by atoms with Crippen LogP contribution in [0, 0.1) is 5.41 Å². The highest BCUT2D eigenvalue weighted by Crippen LogP contribution is 2.26. The maximum atomic E-state index is 5.67. The molecule has 0 aromatic carbocycles. The molecule has 1 fully saturated rings. The average molecular weight is 142 g/mol. The van der Waals surface area contributed by atoms with Crippen LogP contribution >= 0.6 is 0 Å². The van der Waals surface area contributed by atoms with Crippen LogP contribution in [0.15, 0.2) is 0 Å². The van der Waals surface area contributed by atoms with Crippen molar-refractivity contribution < 1.29 is 0 Å². The molecule has 0 saturated carbocycles. The average Bonchev–Trinajstić information content (AvgIpc) is 1.88. The Morgan fingerprint density at radius 2 is 2.30 bits per heavy atom. The summed E-state index contributed by atoms with van der Waals surface area (Å²) in [5.74, 6) is 0. The molecule has 0 unspecified atom stereocenters. The van der Waals surface area contributed by atoms with Crippen LogP contribution in [0.3, 0.4) is 0 Å². The van der Waals surface area contributed by atoms with Crippen molar-refractivity contribution in [3.8, 4) is 0 Å². The van der Waals surface area contributed by atoms with Crippen LogP contribution in [-0.4, -0.2) is 31.6 Å². The highest BCUT2D eigenvalue weighted by atomic mass is 15.1. The number of nitrogens with zero attached hydrogens (tertiary/aromatic N) is 1. The van der Waals surface area contributed by atoms with E-state index in [4.69, 9.17) is 5.73 Å². The van der Waals surface area contributed by atoms with Gasteiger partial charge in [-0.05, 0) is 38.4 Å². The summed E-state index contributed by atoms with van der Waals surface area (Å²) in [5.41, 5.74) is 6.07. The summed E-state index contributed by atoms with van der Waals surface area (Å²) >= 11 is 0. The molecule has 0 aliphatic carbocycles. The highest BCUT2D eigenvalue weighted by molar-refractivity contribution is 4.82. The van der Waals surface area contributed by atoms with Gasteiger partial charge < -0.3 is 10.6 Å². The summed E-state index contributed by atoms with van der Waals surface area (Å²) in [6.07, 6.45) is 2.61. The molecule has 1 aliphatic heterocycles. The van der Waals surface area contributed by atoms with Crippen molar-refractivity contribution in [2.24, 2.45) is 11.1 Å². The molecule has 60 valence electrons. The van der Waals surface area contributed by atoms with Crippen LogP contribution in [0.1, 0.15) is 19.8 Å². The third-order valence-electron chi connectivity index (χ3n) is 2.46. The molecule has 2 heteroatoms. The van der Waals surface area contributed by atoms with E-state index in [1.807, 2.05) is 0 Å². The molecule has 1 rings (SSSR count). The van der Waals surface area contributed by atoms with E-state index < -0.39 is 0 Å².